The second-order valence-corrected chi connectivity index (χ2v) is 3.95. The zero-order valence-corrected chi connectivity index (χ0v) is 9.62. The first-order chi connectivity index (χ1) is 7.02. The molecule has 5 nitrogen and oxygen atoms in total. The average molecular weight is 227 g/mol. The number of ketones is 1. The van der Waals surface area contributed by atoms with Gasteiger partial charge in [0.1, 0.15) is 5.00 Å². The minimum atomic E-state index is -0.291. The monoisotopic (exact) mass is 227 g/mol. The molecule has 0 aliphatic heterocycles. The molecule has 0 aromatic carbocycles. The van der Waals surface area contributed by atoms with Crippen LogP contribution in [-0.4, -0.2) is 25.8 Å². The Hall–Kier alpha value is -1.56. The van der Waals surface area contributed by atoms with Crippen LogP contribution in [0.2, 0.25) is 0 Å². The van der Waals surface area contributed by atoms with Crippen molar-refractivity contribution in [1.29, 1.82) is 0 Å². The minimum Gasteiger partial charge on any atom is -0.397 e. The zero-order valence-electron chi connectivity index (χ0n) is 8.80. The third kappa shape index (κ3) is 1.94. The Morgan fingerprint density at radius 1 is 1.33 bits per heavy atom. The first kappa shape index (κ1) is 11.5. The van der Waals surface area contributed by atoms with Gasteiger partial charge in [0, 0.05) is 21.0 Å². The molecular formula is C9H13N3O2S. The molecule has 1 amide bonds. The lowest BCUT2D eigenvalue weighted by molar-refractivity contribution is 0.0965. The van der Waals surface area contributed by atoms with Crippen LogP contribution in [0.15, 0.2) is 0 Å². The smallest absolute Gasteiger partial charge is 0.256 e. The lowest BCUT2D eigenvalue weighted by Crippen LogP contribution is -2.19. The second-order valence-electron chi connectivity index (χ2n) is 2.93. The Labute approximate surface area is 91.7 Å². The average Bonchev–Trinajstić information content (AvgIpc) is 2.54. The van der Waals surface area contributed by atoms with Gasteiger partial charge in [-0.15, -0.1) is 11.3 Å². The summed E-state index contributed by atoms with van der Waals surface area (Å²) in [6.07, 6.45) is 0. The molecule has 0 unspecified atom stereocenters. The molecular weight excluding hydrogens is 214 g/mol. The molecule has 0 atom stereocenters. The Balaban J connectivity index is 3.36. The van der Waals surface area contributed by atoms with Crippen molar-refractivity contribution in [2.75, 3.05) is 25.1 Å². The second kappa shape index (κ2) is 4.31. The van der Waals surface area contributed by atoms with E-state index in [1.165, 1.54) is 25.3 Å². The highest BCUT2D eigenvalue weighted by atomic mass is 32.1. The van der Waals surface area contributed by atoms with Gasteiger partial charge in [0.2, 0.25) is 0 Å². The number of nitrogen functional groups attached to an aromatic ring is 1. The zero-order chi connectivity index (χ0) is 11.6. The summed E-state index contributed by atoms with van der Waals surface area (Å²) < 4.78 is 0. The van der Waals surface area contributed by atoms with Crippen LogP contribution in [0.25, 0.3) is 0 Å². The molecule has 1 aromatic rings. The summed E-state index contributed by atoms with van der Waals surface area (Å²) in [5.41, 5.74) is 6.34. The molecule has 1 heterocycles. The fourth-order valence-corrected chi connectivity index (χ4v) is 2.20. The van der Waals surface area contributed by atoms with Crippen molar-refractivity contribution in [1.82, 2.24) is 5.32 Å². The summed E-state index contributed by atoms with van der Waals surface area (Å²) in [5.74, 6) is -0.426. The van der Waals surface area contributed by atoms with Gasteiger partial charge in [0.05, 0.1) is 16.1 Å². The summed E-state index contributed by atoms with van der Waals surface area (Å²) in [7, 11) is 3.20. The molecule has 1 aromatic heterocycles. The molecule has 4 N–H and O–H groups in total. The predicted molar refractivity (Wildman–Crippen MR) is 61.7 cm³/mol. The molecule has 0 radical (unpaired) electrons. The van der Waals surface area contributed by atoms with E-state index in [4.69, 9.17) is 5.73 Å². The highest BCUT2D eigenvalue weighted by Crippen LogP contribution is 2.35. The molecule has 0 bridgehead atoms. The summed E-state index contributed by atoms with van der Waals surface area (Å²) in [4.78, 5) is 23.2. The highest BCUT2D eigenvalue weighted by Gasteiger charge is 2.22. The van der Waals surface area contributed by atoms with Crippen molar-refractivity contribution in [3.8, 4) is 0 Å². The maximum atomic E-state index is 11.5. The minimum absolute atomic E-state index is 0.135. The molecule has 0 spiro atoms. The standard InChI is InChI=1S/C9H13N3O2S/c1-4(13)7-6(10)5(8(14)11-2)9(12-3)15-7/h12H,10H2,1-3H3,(H,11,14). The fraction of sp³-hybridized carbons (Fsp3) is 0.333. The molecule has 0 aliphatic carbocycles. The first-order valence-corrected chi connectivity index (χ1v) is 5.17. The number of Topliss-reactive ketones (excluding diaryl/α,β-unsaturated/α-hetero) is 1. The molecule has 0 fully saturated rings. The van der Waals surface area contributed by atoms with Crippen molar-refractivity contribution in [3.05, 3.63) is 10.4 Å². The third-order valence-corrected chi connectivity index (χ3v) is 3.27. The van der Waals surface area contributed by atoms with E-state index < -0.39 is 0 Å². The number of amides is 1. The van der Waals surface area contributed by atoms with E-state index in [9.17, 15) is 9.59 Å². The van der Waals surface area contributed by atoms with E-state index in [1.54, 1.807) is 7.05 Å². The van der Waals surface area contributed by atoms with Crippen molar-refractivity contribution in [3.63, 3.8) is 0 Å². The summed E-state index contributed by atoms with van der Waals surface area (Å²) in [6, 6.07) is 0. The van der Waals surface area contributed by atoms with Gasteiger partial charge < -0.3 is 16.4 Å². The maximum absolute atomic E-state index is 11.5. The number of hydrogen-bond acceptors (Lipinski definition) is 5. The van der Waals surface area contributed by atoms with Gasteiger partial charge in [-0.1, -0.05) is 0 Å². The largest absolute Gasteiger partial charge is 0.397 e. The summed E-state index contributed by atoms with van der Waals surface area (Å²) >= 11 is 1.19. The van der Waals surface area contributed by atoms with Crippen LogP contribution in [0.4, 0.5) is 10.7 Å². The van der Waals surface area contributed by atoms with Gasteiger partial charge in [-0.3, -0.25) is 9.59 Å². The number of carbonyl (C=O) groups excluding carboxylic acids is 2. The maximum Gasteiger partial charge on any atom is 0.256 e. The number of carbonyl (C=O) groups is 2. The highest BCUT2D eigenvalue weighted by molar-refractivity contribution is 7.19. The van der Waals surface area contributed by atoms with Crippen molar-refractivity contribution >= 4 is 33.7 Å². The van der Waals surface area contributed by atoms with Gasteiger partial charge in [-0.25, -0.2) is 0 Å². The molecule has 0 saturated heterocycles. The van der Waals surface area contributed by atoms with E-state index >= 15 is 0 Å². The van der Waals surface area contributed by atoms with Gasteiger partial charge in [-0.05, 0) is 0 Å². The van der Waals surface area contributed by atoms with Crippen LogP contribution in [0.5, 0.6) is 0 Å². The molecule has 0 saturated carbocycles. The van der Waals surface area contributed by atoms with E-state index in [1.807, 2.05) is 0 Å². The van der Waals surface area contributed by atoms with Crippen LogP contribution < -0.4 is 16.4 Å². The fourth-order valence-electron chi connectivity index (χ4n) is 1.23. The summed E-state index contributed by atoms with van der Waals surface area (Å²) in [6.45, 7) is 1.43. The normalized spacial score (nSPS) is 9.80. The van der Waals surface area contributed by atoms with Gasteiger partial charge in [0.25, 0.3) is 5.91 Å². The number of hydrogen-bond donors (Lipinski definition) is 3. The summed E-state index contributed by atoms with van der Waals surface area (Å²) in [5, 5.41) is 5.95. The van der Waals surface area contributed by atoms with E-state index in [0.29, 0.717) is 15.4 Å². The van der Waals surface area contributed by atoms with Crippen LogP contribution in [0.1, 0.15) is 27.0 Å². The van der Waals surface area contributed by atoms with Crippen LogP contribution in [0, 0.1) is 0 Å². The van der Waals surface area contributed by atoms with Crippen molar-refractivity contribution in [2.45, 2.75) is 6.92 Å². The van der Waals surface area contributed by atoms with Crippen LogP contribution in [-0.2, 0) is 0 Å². The SMILES string of the molecule is CNC(=O)c1c(NC)sc(C(C)=O)c1N. The van der Waals surface area contributed by atoms with Gasteiger partial charge in [0.15, 0.2) is 5.78 Å². The Morgan fingerprint density at radius 3 is 2.33 bits per heavy atom. The Bertz CT molecular complexity index is 412. The van der Waals surface area contributed by atoms with E-state index in [0.717, 1.165) is 0 Å². The Kier molecular flexibility index (Phi) is 3.31. The van der Waals surface area contributed by atoms with E-state index in [2.05, 4.69) is 10.6 Å². The van der Waals surface area contributed by atoms with Gasteiger partial charge >= 0.3 is 0 Å². The number of nitrogens with one attached hydrogen (secondary N) is 2. The van der Waals surface area contributed by atoms with Crippen molar-refractivity contribution in [2.24, 2.45) is 0 Å². The van der Waals surface area contributed by atoms with Crippen molar-refractivity contribution < 1.29 is 9.59 Å². The predicted octanol–water partition coefficient (Wildman–Crippen LogP) is 0.934. The van der Waals surface area contributed by atoms with E-state index in [-0.39, 0.29) is 17.4 Å². The number of thiophene rings is 1. The first-order valence-electron chi connectivity index (χ1n) is 4.36. The number of anilines is 2. The lowest BCUT2D eigenvalue weighted by Gasteiger charge is -2.02. The molecule has 1 rings (SSSR count). The van der Waals surface area contributed by atoms with Gasteiger partial charge in [-0.2, -0.15) is 0 Å². The lowest BCUT2D eigenvalue weighted by atomic mass is 10.2. The molecule has 6 heteroatoms. The number of nitrogens with two attached hydrogens (primary N) is 1. The molecule has 15 heavy (non-hydrogen) atoms. The molecule has 82 valence electrons. The molecule has 0 aliphatic rings. The topological polar surface area (TPSA) is 84.2 Å². The quantitative estimate of drug-likeness (QED) is 0.671. The third-order valence-electron chi connectivity index (χ3n) is 1.95. The van der Waals surface area contributed by atoms with Crippen LogP contribution >= 0.6 is 11.3 Å². The Morgan fingerprint density at radius 2 is 1.93 bits per heavy atom. The number of rotatable bonds is 3. The van der Waals surface area contributed by atoms with Crippen LogP contribution in [0.3, 0.4) is 0 Å².